The lowest BCUT2D eigenvalue weighted by Gasteiger charge is -2.16. The minimum atomic E-state index is -0.659. The predicted molar refractivity (Wildman–Crippen MR) is 126 cm³/mol. The molecular formula is C25H19N3O4. The zero-order valence-electron chi connectivity index (χ0n) is 17.0. The fraction of sp³-hybridized carbons (Fsp3) is 0.0800. The maximum absolute atomic E-state index is 13.3. The van der Waals surface area contributed by atoms with E-state index >= 15 is 0 Å². The van der Waals surface area contributed by atoms with Gasteiger partial charge in [-0.2, -0.15) is 0 Å². The molecule has 0 saturated heterocycles. The summed E-state index contributed by atoms with van der Waals surface area (Å²) in [6, 6.07) is 17.9. The summed E-state index contributed by atoms with van der Waals surface area (Å²) in [5, 5.41) is 13.9. The summed E-state index contributed by atoms with van der Waals surface area (Å²) < 4.78 is 1.90. The first-order valence-electron chi connectivity index (χ1n) is 10.1. The second-order valence-corrected chi connectivity index (χ2v) is 7.62. The number of amides is 1. The zero-order valence-corrected chi connectivity index (χ0v) is 17.0. The molecule has 7 nitrogen and oxygen atoms in total. The van der Waals surface area contributed by atoms with E-state index in [9.17, 15) is 19.5 Å². The third kappa shape index (κ3) is 3.02. The Balaban J connectivity index is 1.81. The highest BCUT2D eigenvalue weighted by atomic mass is 16.3. The number of carbonyl (C=O) groups excluding carboxylic acids is 1. The van der Waals surface area contributed by atoms with Crippen molar-refractivity contribution < 1.29 is 9.90 Å². The number of aromatic nitrogens is 2. The molecule has 0 aliphatic carbocycles. The highest BCUT2D eigenvalue weighted by molar-refractivity contribution is 6.03. The molecule has 32 heavy (non-hydrogen) atoms. The van der Waals surface area contributed by atoms with Gasteiger partial charge in [0.1, 0.15) is 0 Å². The summed E-state index contributed by atoms with van der Waals surface area (Å²) in [6.45, 7) is 3.75. The van der Waals surface area contributed by atoms with Crippen LogP contribution in [-0.2, 0) is 11.3 Å². The second-order valence-electron chi connectivity index (χ2n) is 7.62. The molecule has 158 valence electrons. The van der Waals surface area contributed by atoms with E-state index in [0.29, 0.717) is 50.2 Å². The lowest BCUT2D eigenvalue weighted by molar-refractivity contribution is -0.119. The Morgan fingerprint density at radius 2 is 1.56 bits per heavy atom. The van der Waals surface area contributed by atoms with Crippen molar-refractivity contribution in [2.45, 2.75) is 6.54 Å². The second kappa shape index (κ2) is 7.39. The van der Waals surface area contributed by atoms with Crippen LogP contribution in [0, 0.1) is 0 Å². The zero-order chi connectivity index (χ0) is 22.4. The molecule has 2 heterocycles. The number of H-pyrrole nitrogens is 1. The Hall–Kier alpha value is -4.39. The highest BCUT2D eigenvalue weighted by Gasteiger charge is 2.14. The molecule has 0 bridgehead atoms. The van der Waals surface area contributed by atoms with Gasteiger partial charge in [0.25, 0.3) is 5.91 Å². The van der Waals surface area contributed by atoms with Gasteiger partial charge >= 0.3 is 0 Å². The van der Waals surface area contributed by atoms with Crippen LogP contribution in [0.15, 0.2) is 82.6 Å². The Kier molecular flexibility index (Phi) is 4.52. The third-order valence-corrected chi connectivity index (χ3v) is 5.68. The molecule has 5 rings (SSSR count). The van der Waals surface area contributed by atoms with E-state index in [1.54, 1.807) is 30.3 Å². The van der Waals surface area contributed by atoms with Gasteiger partial charge in [-0.3, -0.25) is 14.4 Å². The van der Waals surface area contributed by atoms with Crippen molar-refractivity contribution in [1.29, 1.82) is 0 Å². The van der Waals surface area contributed by atoms with Crippen molar-refractivity contribution in [1.82, 2.24) is 14.9 Å². The minimum absolute atomic E-state index is 0.117. The fourth-order valence-electron chi connectivity index (χ4n) is 4.17. The van der Waals surface area contributed by atoms with Gasteiger partial charge in [0.05, 0.1) is 16.6 Å². The van der Waals surface area contributed by atoms with Gasteiger partial charge in [0.2, 0.25) is 0 Å². The lowest BCUT2D eigenvalue weighted by atomic mass is 10.0. The first kappa shape index (κ1) is 19.6. The molecule has 5 aromatic rings. The van der Waals surface area contributed by atoms with Crippen molar-refractivity contribution in [3.8, 4) is 0 Å². The van der Waals surface area contributed by atoms with Gasteiger partial charge in [-0.25, -0.2) is 0 Å². The topological polar surface area (TPSA) is 104 Å². The fourth-order valence-corrected chi connectivity index (χ4v) is 4.17. The SMILES string of the molecule is C=C(O)C(=O)NCCn1c2ccccc2c(=O)c2cc3[nH]c4ccccc4c(=O)c3cc21. The van der Waals surface area contributed by atoms with E-state index in [0.717, 1.165) is 0 Å². The average molecular weight is 425 g/mol. The maximum atomic E-state index is 13.3. The van der Waals surface area contributed by atoms with Crippen LogP contribution in [0.2, 0.25) is 0 Å². The predicted octanol–water partition coefficient (Wildman–Crippen LogP) is 3.34. The summed E-state index contributed by atoms with van der Waals surface area (Å²) in [4.78, 5) is 41.4. The van der Waals surface area contributed by atoms with Crippen LogP contribution in [0.1, 0.15) is 0 Å². The molecule has 0 radical (unpaired) electrons. The van der Waals surface area contributed by atoms with E-state index in [1.165, 1.54) is 0 Å². The Morgan fingerprint density at radius 1 is 0.875 bits per heavy atom. The van der Waals surface area contributed by atoms with E-state index in [4.69, 9.17) is 0 Å². The molecular weight excluding hydrogens is 406 g/mol. The van der Waals surface area contributed by atoms with E-state index in [2.05, 4.69) is 16.9 Å². The van der Waals surface area contributed by atoms with Crippen molar-refractivity contribution in [3.63, 3.8) is 0 Å². The van der Waals surface area contributed by atoms with E-state index in [1.807, 2.05) is 34.9 Å². The quantitative estimate of drug-likeness (QED) is 0.233. The number of carbonyl (C=O) groups is 1. The molecule has 0 atom stereocenters. The number of pyridine rings is 2. The molecule has 0 spiro atoms. The van der Waals surface area contributed by atoms with E-state index in [-0.39, 0.29) is 17.4 Å². The largest absolute Gasteiger partial charge is 0.503 e. The molecule has 7 heteroatoms. The van der Waals surface area contributed by atoms with Crippen molar-refractivity contribution in [2.75, 3.05) is 6.54 Å². The van der Waals surface area contributed by atoms with Gasteiger partial charge in [0, 0.05) is 40.2 Å². The number of hydrogen-bond acceptors (Lipinski definition) is 4. The lowest BCUT2D eigenvalue weighted by Crippen LogP contribution is -2.28. The molecule has 1 amide bonds. The van der Waals surface area contributed by atoms with Gasteiger partial charge in [-0.05, 0) is 36.4 Å². The van der Waals surface area contributed by atoms with Crippen LogP contribution in [0.4, 0.5) is 0 Å². The monoisotopic (exact) mass is 425 g/mol. The first-order chi connectivity index (χ1) is 15.5. The average Bonchev–Trinajstić information content (AvgIpc) is 2.80. The van der Waals surface area contributed by atoms with Gasteiger partial charge in [0.15, 0.2) is 16.6 Å². The van der Waals surface area contributed by atoms with Gasteiger partial charge in [-0.1, -0.05) is 30.8 Å². The third-order valence-electron chi connectivity index (χ3n) is 5.68. The molecule has 2 aromatic heterocycles. The summed E-state index contributed by atoms with van der Waals surface area (Å²) in [6.07, 6.45) is 0. The van der Waals surface area contributed by atoms with Crippen LogP contribution in [0.5, 0.6) is 0 Å². The summed E-state index contributed by atoms with van der Waals surface area (Å²) in [7, 11) is 0. The standard InChI is InChI=1S/C25H19N3O4/c1-14(29)25(32)26-10-11-28-21-9-5-3-7-16(21)24(31)18-12-20-17(13-22(18)28)23(30)15-6-2-4-8-19(15)27-20/h2-9,12-13,29H,1,10-11H2,(H,26,32)(H,27,30). The van der Waals surface area contributed by atoms with E-state index < -0.39 is 11.7 Å². The maximum Gasteiger partial charge on any atom is 0.285 e. The summed E-state index contributed by atoms with van der Waals surface area (Å²) in [5.74, 6) is -1.22. The van der Waals surface area contributed by atoms with Crippen LogP contribution in [0.25, 0.3) is 43.6 Å². The van der Waals surface area contributed by atoms with Crippen molar-refractivity contribution in [3.05, 3.63) is 93.4 Å². The number of rotatable bonds is 4. The molecule has 3 N–H and O–H groups in total. The van der Waals surface area contributed by atoms with Crippen LogP contribution in [-0.4, -0.2) is 27.1 Å². The van der Waals surface area contributed by atoms with Crippen LogP contribution >= 0.6 is 0 Å². The van der Waals surface area contributed by atoms with Gasteiger partial charge < -0.3 is 20.0 Å². The number of fused-ring (bicyclic) bond motifs is 4. The number of aliphatic hydroxyl groups is 1. The smallest absolute Gasteiger partial charge is 0.285 e. The normalized spacial score (nSPS) is 11.4. The molecule has 0 fully saturated rings. The number of aromatic amines is 1. The number of para-hydroxylation sites is 2. The molecule has 0 unspecified atom stereocenters. The molecule has 0 aliphatic rings. The molecule has 3 aromatic carbocycles. The summed E-state index contributed by atoms with van der Waals surface area (Å²) >= 11 is 0. The summed E-state index contributed by atoms with van der Waals surface area (Å²) in [5.41, 5.74) is 2.34. The number of nitrogens with one attached hydrogen (secondary N) is 2. The number of nitrogens with zero attached hydrogens (tertiary/aromatic N) is 1. The minimum Gasteiger partial charge on any atom is -0.503 e. The Labute approximate surface area is 181 Å². The van der Waals surface area contributed by atoms with Crippen molar-refractivity contribution in [2.24, 2.45) is 0 Å². The van der Waals surface area contributed by atoms with Crippen LogP contribution < -0.4 is 16.2 Å². The first-order valence-corrected chi connectivity index (χ1v) is 10.1. The number of aliphatic hydroxyl groups excluding tert-OH is 1. The van der Waals surface area contributed by atoms with Crippen LogP contribution in [0.3, 0.4) is 0 Å². The number of hydrogen-bond donors (Lipinski definition) is 3. The Bertz CT molecular complexity index is 1700. The van der Waals surface area contributed by atoms with Crippen molar-refractivity contribution >= 4 is 49.5 Å². The molecule has 0 saturated carbocycles. The molecule has 0 aliphatic heterocycles. The number of benzene rings is 3. The highest BCUT2D eigenvalue weighted by Crippen LogP contribution is 2.24. The Morgan fingerprint density at radius 3 is 2.34 bits per heavy atom. The van der Waals surface area contributed by atoms with Gasteiger partial charge in [-0.15, -0.1) is 0 Å².